The fraction of sp³-hybridized carbons (Fsp3) is 0.316. The molecule has 0 aliphatic carbocycles. The molecule has 0 bridgehead atoms. The molecule has 6 nitrogen and oxygen atoms in total. The SMILES string of the molecule is CCc1ccc(C(C)NC(=NC)NCc2ccc([N+](=O)[O-])cc2)cc1.I. The summed E-state index contributed by atoms with van der Waals surface area (Å²) in [7, 11) is 1.72. The van der Waals surface area contributed by atoms with Crippen LogP contribution >= 0.6 is 24.0 Å². The second-order valence-corrected chi connectivity index (χ2v) is 5.81. The summed E-state index contributed by atoms with van der Waals surface area (Å²) in [6.07, 6.45) is 1.03. The molecule has 26 heavy (non-hydrogen) atoms. The third-order valence-corrected chi connectivity index (χ3v) is 4.07. The summed E-state index contributed by atoms with van der Waals surface area (Å²) >= 11 is 0. The molecule has 140 valence electrons. The molecule has 2 aromatic rings. The predicted octanol–water partition coefficient (Wildman–Crippen LogP) is 4.20. The first-order valence-electron chi connectivity index (χ1n) is 8.32. The monoisotopic (exact) mass is 468 g/mol. The molecule has 0 fully saturated rings. The van der Waals surface area contributed by atoms with Crippen LogP contribution in [0.4, 0.5) is 5.69 Å². The van der Waals surface area contributed by atoms with E-state index in [0.29, 0.717) is 12.5 Å². The molecule has 0 aliphatic heterocycles. The van der Waals surface area contributed by atoms with Crippen molar-refractivity contribution in [3.05, 3.63) is 75.3 Å². The number of hydrogen-bond donors (Lipinski definition) is 2. The van der Waals surface area contributed by atoms with Crippen LogP contribution in [0.5, 0.6) is 0 Å². The molecule has 0 aliphatic rings. The van der Waals surface area contributed by atoms with Crippen molar-refractivity contribution in [3.63, 3.8) is 0 Å². The summed E-state index contributed by atoms with van der Waals surface area (Å²) < 4.78 is 0. The van der Waals surface area contributed by atoms with E-state index in [4.69, 9.17) is 0 Å². The van der Waals surface area contributed by atoms with E-state index in [0.717, 1.165) is 12.0 Å². The molecule has 0 heterocycles. The second-order valence-electron chi connectivity index (χ2n) is 5.81. The Bertz CT molecular complexity index is 730. The average Bonchev–Trinajstić information content (AvgIpc) is 2.65. The van der Waals surface area contributed by atoms with Gasteiger partial charge in [-0.05, 0) is 30.0 Å². The topological polar surface area (TPSA) is 79.6 Å². The highest BCUT2D eigenvalue weighted by Gasteiger charge is 2.08. The van der Waals surface area contributed by atoms with Gasteiger partial charge in [-0.25, -0.2) is 0 Å². The minimum absolute atomic E-state index is 0. The van der Waals surface area contributed by atoms with Gasteiger partial charge in [0.15, 0.2) is 5.96 Å². The fourth-order valence-corrected chi connectivity index (χ4v) is 2.45. The quantitative estimate of drug-likeness (QED) is 0.219. The Hall–Kier alpha value is -2.16. The van der Waals surface area contributed by atoms with Crippen molar-refractivity contribution in [2.75, 3.05) is 7.05 Å². The number of nitro benzene ring substituents is 1. The molecule has 2 rings (SSSR count). The molecule has 1 unspecified atom stereocenters. The van der Waals surface area contributed by atoms with Gasteiger partial charge in [-0.3, -0.25) is 15.1 Å². The Kier molecular flexibility index (Phi) is 9.04. The molecule has 0 amide bonds. The zero-order chi connectivity index (χ0) is 18.2. The summed E-state index contributed by atoms with van der Waals surface area (Å²) in [4.78, 5) is 14.5. The van der Waals surface area contributed by atoms with Crippen molar-refractivity contribution in [3.8, 4) is 0 Å². The molecule has 0 spiro atoms. The van der Waals surface area contributed by atoms with Crippen LogP contribution in [-0.4, -0.2) is 17.9 Å². The Morgan fingerprint density at radius 3 is 2.19 bits per heavy atom. The number of non-ortho nitro benzene ring substituents is 1. The lowest BCUT2D eigenvalue weighted by atomic mass is 10.1. The van der Waals surface area contributed by atoms with Crippen LogP contribution < -0.4 is 10.6 Å². The van der Waals surface area contributed by atoms with Gasteiger partial charge in [0, 0.05) is 25.7 Å². The largest absolute Gasteiger partial charge is 0.352 e. The summed E-state index contributed by atoms with van der Waals surface area (Å²) in [6.45, 7) is 4.76. The van der Waals surface area contributed by atoms with E-state index >= 15 is 0 Å². The van der Waals surface area contributed by atoms with Gasteiger partial charge in [0.05, 0.1) is 11.0 Å². The van der Waals surface area contributed by atoms with Crippen LogP contribution in [0.15, 0.2) is 53.5 Å². The zero-order valence-electron chi connectivity index (χ0n) is 15.2. The van der Waals surface area contributed by atoms with Crippen molar-refractivity contribution in [1.29, 1.82) is 0 Å². The Morgan fingerprint density at radius 2 is 1.69 bits per heavy atom. The number of guanidine groups is 1. The van der Waals surface area contributed by atoms with Gasteiger partial charge in [0.25, 0.3) is 5.69 Å². The Balaban J connectivity index is 0.00000338. The zero-order valence-corrected chi connectivity index (χ0v) is 17.6. The summed E-state index contributed by atoms with van der Waals surface area (Å²) in [5.41, 5.74) is 3.55. The van der Waals surface area contributed by atoms with E-state index in [-0.39, 0.29) is 35.7 Å². The normalized spacial score (nSPS) is 12.0. The van der Waals surface area contributed by atoms with Gasteiger partial charge in [0.2, 0.25) is 0 Å². The Labute approximate surface area is 171 Å². The van der Waals surface area contributed by atoms with Crippen molar-refractivity contribution in [2.24, 2.45) is 4.99 Å². The number of aliphatic imine (C=N–C) groups is 1. The van der Waals surface area contributed by atoms with Gasteiger partial charge in [-0.1, -0.05) is 43.3 Å². The minimum atomic E-state index is -0.400. The van der Waals surface area contributed by atoms with Gasteiger partial charge in [0.1, 0.15) is 0 Å². The van der Waals surface area contributed by atoms with E-state index in [1.165, 1.54) is 23.3 Å². The van der Waals surface area contributed by atoms with Crippen LogP contribution in [0.1, 0.15) is 36.6 Å². The molecule has 0 aromatic heterocycles. The predicted molar refractivity (Wildman–Crippen MR) is 116 cm³/mol. The number of benzene rings is 2. The molecule has 0 saturated heterocycles. The van der Waals surface area contributed by atoms with Gasteiger partial charge in [-0.15, -0.1) is 24.0 Å². The van der Waals surface area contributed by atoms with Crippen molar-refractivity contribution < 1.29 is 4.92 Å². The van der Waals surface area contributed by atoms with Crippen LogP contribution in [0.2, 0.25) is 0 Å². The van der Waals surface area contributed by atoms with Crippen molar-refractivity contribution in [2.45, 2.75) is 32.9 Å². The maximum absolute atomic E-state index is 10.7. The van der Waals surface area contributed by atoms with Gasteiger partial charge in [-0.2, -0.15) is 0 Å². The van der Waals surface area contributed by atoms with E-state index in [2.05, 4.69) is 53.7 Å². The smallest absolute Gasteiger partial charge is 0.269 e. The molecule has 7 heteroatoms. The first-order valence-corrected chi connectivity index (χ1v) is 8.32. The molecule has 0 radical (unpaired) electrons. The maximum atomic E-state index is 10.7. The number of rotatable bonds is 6. The fourth-order valence-electron chi connectivity index (χ4n) is 2.45. The van der Waals surface area contributed by atoms with E-state index in [9.17, 15) is 10.1 Å². The van der Waals surface area contributed by atoms with Gasteiger partial charge < -0.3 is 10.6 Å². The molecule has 1 atom stereocenters. The van der Waals surface area contributed by atoms with E-state index in [1.54, 1.807) is 19.2 Å². The second kappa shape index (κ2) is 10.7. The Morgan fingerprint density at radius 1 is 1.12 bits per heavy atom. The standard InChI is InChI=1S/C19H24N4O2.HI/c1-4-15-5-9-17(10-6-15)14(2)22-19(20-3)21-13-16-7-11-18(12-8-16)23(24)25;/h5-12,14H,4,13H2,1-3H3,(H2,20,21,22);1H. The lowest BCUT2D eigenvalue weighted by Crippen LogP contribution is -2.38. The first-order chi connectivity index (χ1) is 12.0. The lowest BCUT2D eigenvalue weighted by molar-refractivity contribution is -0.384. The highest BCUT2D eigenvalue weighted by Crippen LogP contribution is 2.14. The van der Waals surface area contributed by atoms with E-state index < -0.39 is 4.92 Å². The van der Waals surface area contributed by atoms with Crippen LogP contribution in [0, 0.1) is 10.1 Å². The third kappa shape index (κ3) is 6.29. The number of nitrogens with one attached hydrogen (secondary N) is 2. The summed E-state index contributed by atoms with van der Waals surface area (Å²) in [5.74, 6) is 0.686. The molecule has 2 N–H and O–H groups in total. The third-order valence-electron chi connectivity index (χ3n) is 4.07. The first kappa shape index (κ1) is 21.9. The average molecular weight is 468 g/mol. The number of halogens is 1. The summed E-state index contributed by atoms with van der Waals surface area (Å²) in [5, 5.41) is 17.3. The molecule has 0 saturated carbocycles. The summed E-state index contributed by atoms with van der Waals surface area (Å²) in [6, 6.07) is 15.1. The lowest BCUT2D eigenvalue weighted by Gasteiger charge is -2.18. The van der Waals surface area contributed by atoms with Crippen molar-refractivity contribution in [1.82, 2.24) is 10.6 Å². The number of aryl methyl sites for hydroxylation is 1. The highest BCUT2D eigenvalue weighted by molar-refractivity contribution is 14.0. The number of nitrogens with zero attached hydrogens (tertiary/aromatic N) is 2. The molecular weight excluding hydrogens is 443 g/mol. The van der Waals surface area contributed by atoms with Gasteiger partial charge >= 0.3 is 0 Å². The number of nitro groups is 1. The van der Waals surface area contributed by atoms with Crippen molar-refractivity contribution >= 4 is 35.6 Å². The maximum Gasteiger partial charge on any atom is 0.269 e. The van der Waals surface area contributed by atoms with Crippen LogP contribution in [-0.2, 0) is 13.0 Å². The van der Waals surface area contributed by atoms with Crippen LogP contribution in [0.25, 0.3) is 0 Å². The highest BCUT2D eigenvalue weighted by atomic mass is 127. The number of hydrogen-bond acceptors (Lipinski definition) is 3. The van der Waals surface area contributed by atoms with Crippen LogP contribution in [0.3, 0.4) is 0 Å². The van der Waals surface area contributed by atoms with E-state index in [1.807, 2.05) is 0 Å². The minimum Gasteiger partial charge on any atom is -0.352 e. The molecule has 2 aromatic carbocycles. The molecular formula is C19H25IN4O2.